The van der Waals surface area contributed by atoms with Crippen LogP contribution in [0, 0.1) is 6.92 Å². The van der Waals surface area contributed by atoms with Crippen LogP contribution in [0.25, 0.3) is 0 Å². The van der Waals surface area contributed by atoms with Gasteiger partial charge >= 0.3 is 0 Å². The molecule has 1 heterocycles. The predicted octanol–water partition coefficient (Wildman–Crippen LogP) is 1.63. The largest absolute Gasteiger partial charge is 0.159 e. The van der Waals surface area contributed by atoms with Crippen molar-refractivity contribution in [1.29, 1.82) is 0 Å². The van der Waals surface area contributed by atoms with Crippen molar-refractivity contribution in [3.05, 3.63) is 24.0 Å². The molecular formula is C5H8Cl2N2. The van der Waals surface area contributed by atoms with Crippen molar-refractivity contribution in [2.45, 2.75) is 6.92 Å². The monoisotopic (exact) mass is 166 g/mol. The van der Waals surface area contributed by atoms with Crippen LogP contribution in [-0.4, -0.2) is 10.2 Å². The Labute approximate surface area is 66.5 Å². The Hall–Kier alpha value is -0.340. The molecule has 9 heavy (non-hydrogen) atoms. The molecule has 0 saturated heterocycles. The summed E-state index contributed by atoms with van der Waals surface area (Å²) in [6.07, 6.45) is 1.66. The summed E-state index contributed by atoms with van der Waals surface area (Å²) >= 11 is 0. The van der Waals surface area contributed by atoms with E-state index in [2.05, 4.69) is 10.2 Å². The summed E-state index contributed by atoms with van der Waals surface area (Å²) in [5.74, 6) is 0. The molecule has 4 heteroatoms. The number of hydrogen-bond acceptors (Lipinski definition) is 2. The summed E-state index contributed by atoms with van der Waals surface area (Å²) in [6.45, 7) is 1.91. The first-order chi connectivity index (χ1) is 3.39. The Bertz CT molecular complexity index is 143. The molecule has 0 aromatic carbocycles. The summed E-state index contributed by atoms with van der Waals surface area (Å²) in [5.41, 5.74) is 0.961. The molecule has 0 N–H and O–H groups in total. The molecule has 0 bridgehead atoms. The van der Waals surface area contributed by atoms with Gasteiger partial charge in [-0.2, -0.15) is 10.2 Å². The first-order valence-electron chi connectivity index (χ1n) is 2.14. The number of hydrogen-bond donors (Lipinski definition) is 0. The van der Waals surface area contributed by atoms with E-state index in [-0.39, 0.29) is 24.8 Å². The van der Waals surface area contributed by atoms with Crippen LogP contribution in [0.5, 0.6) is 0 Å². The van der Waals surface area contributed by atoms with Gasteiger partial charge in [-0.1, -0.05) is 0 Å². The van der Waals surface area contributed by atoms with Crippen molar-refractivity contribution in [2.24, 2.45) is 0 Å². The molecule has 0 saturated carbocycles. The van der Waals surface area contributed by atoms with Crippen molar-refractivity contribution < 1.29 is 0 Å². The maximum atomic E-state index is 3.73. The summed E-state index contributed by atoms with van der Waals surface area (Å²) in [4.78, 5) is 0. The highest BCUT2D eigenvalue weighted by Gasteiger charge is 1.74. The average molecular weight is 167 g/mol. The maximum Gasteiger partial charge on any atom is 0.0600 e. The quantitative estimate of drug-likeness (QED) is 0.586. The van der Waals surface area contributed by atoms with Gasteiger partial charge in [0.1, 0.15) is 0 Å². The Morgan fingerprint density at radius 3 is 2.22 bits per heavy atom. The van der Waals surface area contributed by atoms with E-state index in [1.54, 1.807) is 6.20 Å². The van der Waals surface area contributed by atoms with E-state index in [4.69, 9.17) is 0 Å². The minimum absolute atomic E-state index is 0. The number of aryl methyl sites for hydroxylation is 1. The van der Waals surface area contributed by atoms with E-state index >= 15 is 0 Å². The van der Waals surface area contributed by atoms with Gasteiger partial charge in [0.2, 0.25) is 0 Å². The van der Waals surface area contributed by atoms with Crippen molar-refractivity contribution in [2.75, 3.05) is 0 Å². The molecular weight excluding hydrogens is 159 g/mol. The van der Waals surface area contributed by atoms with Crippen molar-refractivity contribution in [1.82, 2.24) is 10.2 Å². The van der Waals surface area contributed by atoms with Crippen LogP contribution < -0.4 is 0 Å². The van der Waals surface area contributed by atoms with E-state index < -0.39 is 0 Å². The molecule has 1 aromatic heterocycles. The van der Waals surface area contributed by atoms with Crippen LogP contribution in [0.4, 0.5) is 0 Å². The molecule has 0 fully saturated rings. The maximum absolute atomic E-state index is 3.73. The third kappa shape index (κ3) is 4.18. The number of rotatable bonds is 0. The lowest BCUT2D eigenvalue weighted by Crippen LogP contribution is -1.79. The zero-order valence-corrected chi connectivity index (χ0v) is 6.58. The Kier molecular flexibility index (Phi) is 7.37. The molecule has 1 aromatic rings. The molecule has 1 rings (SSSR count). The summed E-state index contributed by atoms with van der Waals surface area (Å²) in [5, 5.41) is 7.36. The highest BCUT2D eigenvalue weighted by molar-refractivity contribution is 5.85. The molecule has 0 amide bonds. The minimum Gasteiger partial charge on any atom is -0.159 e. The third-order valence-electron chi connectivity index (χ3n) is 0.706. The SMILES string of the molecule is Cc1cccnn1.Cl.Cl. The van der Waals surface area contributed by atoms with Crippen LogP contribution >= 0.6 is 24.8 Å². The van der Waals surface area contributed by atoms with Gasteiger partial charge in [-0.05, 0) is 19.1 Å². The fourth-order valence-corrected chi connectivity index (χ4v) is 0.379. The van der Waals surface area contributed by atoms with Crippen LogP contribution in [-0.2, 0) is 0 Å². The van der Waals surface area contributed by atoms with Gasteiger partial charge in [0.05, 0.1) is 5.69 Å². The second kappa shape index (κ2) is 5.79. The predicted molar refractivity (Wildman–Crippen MR) is 41.3 cm³/mol. The van der Waals surface area contributed by atoms with Gasteiger partial charge in [0, 0.05) is 6.20 Å². The molecule has 0 unspecified atom stereocenters. The van der Waals surface area contributed by atoms with E-state index in [1.165, 1.54) is 0 Å². The van der Waals surface area contributed by atoms with Crippen LogP contribution in [0.2, 0.25) is 0 Å². The normalized spacial score (nSPS) is 6.78. The number of aromatic nitrogens is 2. The van der Waals surface area contributed by atoms with Gasteiger partial charge in [-0.25, -0.2) is 0 Å². The van der Waals surface area contributed by atoms with Crippen LogP contribution in [0.15, 0.2) is 18.3 Å². The van der Waals surface area contributed by atoms with Gasteiger partial charge in [-0.15, -0.1) is 24.8 Å². The third-order valence-corrected chi connectivity index (χ3v) is 0.706. The van der Waals surface area contributed by atoms with E-state index in [0.717, 1.165) is 5.69 Å². The molecule has 0 aliphatic heterocycles. The average Bonchev–Trinajstić information content (AvgIpc) is 1.69. The smallest absolute Gasteiger partial charge is 0.0600 e. The summed E-state index contributed by atoms with van der Waals surface area (Å²) in [7, 11) is 0. The number of nitrogens with zero attached hydrogens (tertiary/aromatic N) is 2. The molecule has 0 aliphatic rings. The molecule has 0 spiro atoms. The fourth-order valence-electron chi connectivity index (χ4n) is 0.379. The zero-order valence-electron chi connectivity index (χ0n) is 4.94. The summed E-state index contributed by atoms with van der Waals surface area (Å²) < 4.78 is 0. The molecule has 0 radical (unpaired) electrons. The van der Waals surface area contributed by atoms with Gasteiger partial charge in [0.15, 0.2) is 0 Å². The number of halogens is 2. The molecule has 2 nitrogen and oxygen atoms in total. The topological polar surface area (TPSA) is 25.8 Å². The lowest BCUT2D eigenvalue weighted by Gasteiger charge is -1.80. The van der Waals surface area contributed by atoms with Crippen LogP contribution in [0.3, 0.4) is 0 Å². The van der Waals surface area contributed by atoms with Gasteiger partial charge in [0.25, 0.3) is 0 Å². The first-order valence-corrected chi connectivity index (χ1v) is 2.14. The van der Waals surface area contributed by atoms with E-state index in [1.807, 2.05) is 19.1 Å². The molecule has 52 valence electrons. The lowest BCUT2D eigenvalue weighted by atomic mass is 10.4. The first kappa shape index (κ1) is 11.5. The van der Waals surface area contributed by atoms with E-state index in [0.29, 0.717) is 0 Å². The second-order valence-electron chi connectivity index (χ2n) is 1.37. The van der Waals surface area contributed by atoms with Crippen molar-refractivity contribution in [3.63, 3.8) is 0 Å². The molecule has 0 atom stereocenters. The minimum atomic E-state index is 0. The van der Waals surface area contributed by atoms with Gasteiger partial charge in [-0.3, -0.25) is 0 Å². The standard InChI is InChI=1S/C5H6N2.2ClH/c1-5-3-2-4-6-7-5;;/h2-4H,1H3;2*1H. The Balaban J connectivity index is 0. The zero-order chi connectivity index (χ0) is 5.11. The molecule has 0 aliphatic carbocycles. The highest BCUT2D eigenvalue weighted by atomic mass is 35.5. The fraction of sp³-hybridized carbons (Fsp3) is 0.200. The second-order valence-corrected chi connectivity index (χ2v) is 1.37. The summed E-state index contributed by atoms with van der Waals surface area (Å²) in [6, 6.07) is 3.77. The van der Waals surface area contributed by atoms with Crippen molar-refractivity contribution >= 4 is 24.8 Å². The Morgan fingerprint density at radius 1 is 1.33 bits per heavy atom. The van der Waals surface area contributed by atoms with Crippen LogP contribution in [0.1, 0.15) is 5.69 Å². The Morgan fingerprint density at radius 2 is 2.00 bits per heavy atom. The highest BCUT2D eigenvalue weighted by Crippen LogP contribution is 1.82. The lowest BCUT2D eigenvalue weighted by molar-refractivity contribution is 0.980. The van der Waals surface area contributed by atoms with Gasteiger partial charge < -0.3 is 0 Å². The van der Waals surface area contributed by atoms with E-state index in [9.17, 15) is 0 Å². The van der Waals surface area contributed by atoms with Crippen molar-refractivity contribution in [3.8, 4) is 0 Å².